The van der Waals surface area contributed by atoms with Gasteiger partial charge >= 0.3 is 0 Å². The van der Waals surface area contributed by atoms with Gasteiger partial charge in [-0.25, -0.2) is 17.2 Å². The number of halogens is 2. The van der Waals surface area contributed by atoms with Crippen molar-refractivity contribution in [3.05, 3.63) is 70.8 Å². The first-order chi connectivity index (χ1) is 22.3. The average molecular weight is 679 g/mol. The summed E-state index contributed by atoms with van der Waals surface area (Å²) in [7, 11) is -3.88. The lowest BCUT2D eigenvalue weighted by molar-refractivity contribution is -0.130. The fraction of sp³-hybridized carbons (Fsp3) is 0.559. The molecule has 47 heavy (non-hydrogen) atoms. The van der Waals surface area contributed by atoms with Gasteiger partial charge in [-0.05, 0) is 60.9 Å². The Kier molecular flexibility index (Phi) is 14.7. The maximum Gasteiger partial charge on any atom is 0.243 e. The van der Waals surface area contributed by atoms with Gasteiger partial charge in [-0.3, -0.25) is 14.4 Å². The topological polar surface area (TPSA) is 154 Å². The standard InChI is InChI=1S/C34H48F2N4O6S/c1-4-8-27(9-5-2)47(45,46)21-30(40-33(43)28-12-13-32(42)38-28)34(44)39-29(17-24-15-25(35)18-26(36)16-24)31(41)20-37-19-23-11-7-10-22(6-3)14-23/h7,10-11,14-16,18,27-31,37,41H,4-6,8-9,12-13,17,19-21H2,1-3H3,(H,38,42)(H,39,44)(H,40,43)/t28-,29+,30?,31-/m1/s1. The predicted octanol–water partition coefficient (Wildman–Crippen LogP) is 2.85. The Balaban J connectivity index is 1.85. The van der Waals surface area contributed by atoms with E-state index in [-0.39, 0.29) is 37.3 Å². The maximum absolute atomic E-state index is 14.1. The highest BCUT2D eigenvalue weighted by molar-refractivity contribution is 7.92. The number of benzene rings is 2. The van der Waals surface area contributed by atoms with Gasteiger partial charge in [0.1, 0.15) is 23.7 Å². The third kappa shape index (κ3) is 12.0. The molecule has 13 heteroatoms. The molecule has 0 bridgehead atoms. The first-order valence-corrected chi connectivity index (χ1v) is 18.1. The Morgan fingerprint density at radius 1 is 0.979 bits per heavy atom. The van der Waals surface area contributed by atoms with Gasteiger partial charge in [0.05, 0.1) is 23.1 Å². The summed E-state index contributed by atoms with van der Waals surface area (Å²) in [6.07, 6.45) is 1.70. The van der Waals surface area contributed by atoms with Crippen LogP contribution in [0.1, 0.15) is 76.0 Å². The van der Waals surface area contributed by atoms with Gasteiger partial charge in [0.25, 0.3) is 0 Å². The molecule has 0 spiro atoms. The zero-order valence-corrected chi connectivity index (χ0v) is 28.2. The van der Waals surface area contributed by atoms with Crippen LogP contribution in [-0.2, 0) is 43.6 Å². The van der Waals surface area contributed by atoms with Crippen LogP contribution in [0.5, 0.6) is 0 Å². The number of hydrogen-bond donors (Lipinski definition) is 5. The Labute approximate surface area is 276 Å². The van der Waals surface area contributed by atoms with Crippen molar-refractivity contribution in [2.75, 3.05) is 12.3 Å². The lowest BCUT2D eigenvalue weighted by Crippen LogP contribution is -2.58. The van der Waals surface area contributed by atoms with Crippen LogP contribution in [0.2, 0.25) is 0 Å². The van der Waals surface area contributed by atoms with Crippen molar-refractivity contribution in [2.24, 2.45) is 0 Å². The van der Waals surface area contributed by atoms with Gasteiger partial charge in [0.15, 0.2) is 9.84 Å². The summed E-state index contributed by atoms with van der Waals surface area (Å²) < 4.78 is 55.3. The molecular formula is C34H48F2N4O6S. The van der Waals surface area contributed by atoms with Crippen LogP contribution in [0.4, 0.5) is 8.78 Å². The predicted molar refractivity (Wildman–Crippen MR) is 176 cm³/mol. The van der Waals surface area contributed by atoms with Crippen molar-refractivity contribution >= 4 is 27.6 Å². The fourth-order valence-corrected chi connectivity index (χ4v) is 7.96. The lowest BCUT2D eigenvalue weighted by atomic mass is 10.00. The Bertz CT molecular complexity index is 1450. The molecule has 4 atom stereocenters. The van der Waals surface area contributed by atoms with Gasteiger partial charge in [0.2, 0.25) is 17.7 Å². The van der Waals surface area contributed by atoms with Crippen LogP contribution in [0.15, 0.2) is 42.5 Å². The summed E-state index contributed by atoms with van der Waals surface area (Å²) in [5.74, 6) is -4.27. The molecule has 0 aromatic heterocycles. The monoisotopic (exact) mass is 678 g/mol. The maximum atomic E-state index is 14.1. The minimum atomic E-state index is -3.88. The molecule has 0 saturated carbocycles. The van der Waals surface area contributed by atoms with Gasteiger partial charge < -0.3 is 26.4 Å². The third-order valence-corrected chi connectivity index (χ3v) is 10.6. The van der Waals surface area contributed by atoms with E-state index in [1.165, 1.54) is 0 Å². The average Bonchev–Trinajstić information content (AvgIpc) is 3.46. The van der Waals surface area contributed by atoms with Crippen molar-refractivity contribution in [2.45, 2.75) is 108 Å². The molecule has 1 saturated heterocycles. The van der Waals surface area contributed by atoms with Crippen LogP contribution >= 0.6 is 0 Å². The second kappa shape index (κ2) is 18.2. The summed E-state index contributed by atoms with van der Waals surface area (Å²) in [5.41, 5.74) is 2.28. The van der Waals surface area contributed by atoms with E-state index >= 15 is 0 Å². The molecule has 1 aliphatic rings. The summed E-state index contributed by atoms with van der Waals surface area (Å²) in [4.78, 5) is 38.6. The second-order valence-corrected chi connectivity index (χ2v) is 14.5. The molecule has 1 aliphatic heterocycles. The molecule has 3 amide bonds. The van der Waals surface area contributed by atoms with Gasteiger partial charge in [-0.15, -0.1) is 0 Å². The van der Waals surface area contributed by atoms with Crippen molar-refractivity contribution in [3.63, 3.8) is 0 Å². The van der Waals surface area contributed by atoms with Crippen LogP contribution in [-0.4, -0.2) is 73.0 Å². The normalized spacial score (nSPS) is 16.8. The molecular weight excluding hydrogens is 630 g/mol. The number of sulfone groups is 1. The van der Waals surface area contributed by atoms with E-state index in [2.05, 4.69) is 21.3 Å². The second-order valence-electron chi connectivity index (χ2n) is 12.2. The Morgan fingerprint density at radius 3 is 2.23 bits per heavy atom. The first-order valence-electron chi connectivity index (χ1n) is 16.4. The number of rotatable bonds is 19. The number of aliphatic hydroxyl groups excluding tert-OH is 1. The van der Waals surface area contributed by atoms with E-state index < -0.39 is 68.5 Å². The summed E-state index contributed by atoms with van der Waals surface area (Å²) in [5, 5.41) is 21.4. The summed E-state index contributed by atoms with van der Waals surface area (Å²) in [6.45, 7) is 6.15. The van der Waals surface area contributed by atoms with E-state index in [0.29, 0.717) is 38.3 Å². The van der Waals surface area contributed by atoms with Gasteiger partial charge in [-0.2, -0.15) is 0 Å². The molecule has 3 rings (SSSR count). The third-order valence-electron chi connectivity index (χ3n) is 8.33. The smallest absolute Gasteiger partial charge is 0.243 e. The molecule has 1 fully saturated rings. The number of aliphatic hydroxyl groups is 1. The number of hydrogen-bond acceptors (Lipinski definition) is 7. The van der Waals surface area contributed by atoms with Gasteiger partial charge in [-0.1, -0.05) is 57.9 Å². The number of amides is 3. The molecule has 2 aromatic rings. The van der Waals surface area contributed by atoms with Crippen LogP contribution < -0.4 is 21.3 Å². The lowest BCUT2D eigenvalue weighted by Gasteiger charge is -2.28. The zero-order chi connectivity index (χ0) is 34.6. The van der Waals surface area contributed by atoms with Crippen LogP contribution in [0.3, 0.4) is 0 Å². The number of nitrogens with one attached hydrogen (secondary N) is 4. The minimum absolute atomic E-state index is 0.0163. The van der Waals surface area contributed by atoms with E-state index in [1.54, 1.807) is 0 Å². The molecule has 260 valence electrons. The molecule has 1 heterocycles. The SMILES string of the molecule is CCCC(CCC)S(=O)(=O)CC(NC(=O)[C@H]1CCC(=O)N1)C(=O)N[C@@H](Cc1cc(F)cc(F)c1)[C@H](O)CNCc1cccc(CC)c1. The Hall–Kier alpha value is -3.42. The van der Waals surface area contributed by atoms with Crippen molar-refractivity contribution in [1.29, 1.82) is 0 Å². The molecule has 5 N–H and O–H groups in total. The van der Waals surface area contributed by atoms with Crippen molar-refractivity contribution < 1.29 is 36.7 Å². The van der Waals surface area contributed by atoms with Crippen LogP contribution in [0, 0.1) is 11.6 Å². The first kappa shape index (κ1) is 38.0. The van der Waals surface area contributed by atoms with E-state index in [9.17, 15) is 36.7 Å². The number of aryl methyl sites for hydroxylation is 1. The summed E-state index contributed by atoms with van der Waals surface area (Å²) in [6, 6.07) is 7.19. The molecule has 1 unspecified atom stereocenters. The van der Waals surface area contributed by atoms with E-state index in [4.69, 9.17) is 0 Å². The van der Waals surface area contributed by atoms with E-state index in [0.717, 1.165) is 29.7 Å². The van der Waals surface area contributed by atoms with Crippen LogP contribution in [0.25, 0.3) is 0 Å². The summed E-state index contributed by atoms with van der Waals surface area (Å²) >= 11 is 0. The van der Waals surface area contributed by atoms with Gasteiger partial charge in [0, 0.05) is 25.6 Å². The molecule has 10 nitrogen and oxygen atoms in total. The molecule has 0 aliphatic carbocycles. The van der Waals surface area contributed by atoms with E-state index in [1.807, 2.05) is 45.0 Å². The highest BCUT2D eigenvalue weighted by Crippen LogP contribution is 2.18. The minimum Gasteiger partial charge on any atom is -0.390 e. The fourth-order valence-electron chi connectivity index (χ4n) is 5.80. The quantitative estimate of drug-likeness (QED) is 0.153. The highest BCUT2D eigenvalue weighted by atomic mass is 32.2. The largest absolute Gasteiger partial charge is 0.390 e. The zero-order valence-electron chi connectivity index (χ0n) is 27.4. The Morgan fingerprint density at radius 2 is 1.64 bits per heavy atom. The molecule has 0 radical (unpaired) electrons. The number of carbonyl (C=O) groups is 3. The van der Waals surface area contributed by atoms with Crippen molar-refractivity contribution in [3.8, 4) is 0 Å². The highest BCUT2D eigenvalue weighted by Gasteiger charge is 2.36. The molecule has 2 aromatic carbocycles. The number of carbonyl (C=O) groups excluding carboxylic acids is 3. The van der Waals surface area contributed by atoms with Crippen molar-refractivity contribution in [1.82, 2.24) is 21.3 Å².